The summed E-state index contributed by atoms with van der Waals surface area (Å²) in [4.78, 5) is 24.7. The third kappa shape index (κ3) is 2.76. The number of halogens is 2. The van der Waals surface area contributed by atoms with E-state index in [1.165, 1.54) is 0 Å². The molecule has 0 radical (unpaired) electrons. The summed E-state index contributed by atoms with van der Waals surface area (Å²) in [6.45, 7) is 0.985. The Kier molecular flexibility index (Phi) is 3.64. The normalized spacial score (nSPS) is 18.8. The SMILES string of the molecule is O=C(c1ncc(F)cc1F)N1CCCC(c2ncc[nH]2)C1. The fourth-order valence-corrected chi connectivity index (χ4v) is 2.61. The average molecular weight is 292 g/mol. The lowest BCUT2D eigenvalue weighted by Crippen LogP contribution is -2.40. The van der Waals surface area contributed by atoms with Gasteiger partial charge in [-0.25, -0.2) is 18.7 Å². The fourth-order valence-electron chi connectivity index (χ4n) is 2.61. The van der Waals surface area contributed by atoms with Crippen molar-refractivity contribution in [3.63, 3.8) is 0 Å². The van der Waals surface area contributed by atoms with Crippen LogP contribution in [0, 0.1) is 11.6 Å². The third-order valence-electron chi connectivity index (χ3n) is 3.63. The quantitative estimate of drug-likeness (QED) is 0.922. The standard InChI is InChI=1S/C14H14F2N4O/c15-10-6-11(16)12(19-7-10)14(21)20-5-1-2-9(8-20)13-17-3-4-18-13/h3-4,6-7,9H,1-2,5,8H2,(H,17,18). The molecule has 110 valence electrons. The number of rotatable bonds is 2. The van der Waals surface area contributed by atoms with Gasteiger partial charge in [-0.15, -0.1) is 0 Å². The van der Waals surface area contributed by atoms with E-state index in [2.05, 4.69) is 15.0 Å². The lowest BCUT2D eigenvalue weighted by atomic mass is 9.97. The number of hydrogen-bond donors (Lipinski definition) is 1. The molecule has 3 rings (SSSR count). The first kappa shape index (κ1) is 13.7. The van der Waals surface area contributed by atoms with Gasteiger partial charge in [-0.2, -0.15) is 0 Å². The molecule has 0 spiro atoms. The Hall–Kier alpha value is -2.31. The molecule has 1 amide bonds. The van der Waals surface area contributed by atoms with Crippen molar-refractivity contribution in [2.45, 2.75) is 18.8 Å². The number of carbonyl (C=O) groups excluding carboxylic acids is 1. The number of aromatic amines is 1. The van der Waals surface area contributed by atoms with Crippen molar-refractivity contribution in [3.05, 3.63) is 47.8 Å². The minimum atomic E-state index is -0.930. The molecule has 1 fully saturated rings. The van der Waals surface area contributed by atoms with Crippen LogP contribution in [0.5, 0.6) is 0 Å². The molecule has 0 aromatic carbocycles. The number of H-pyrrole nitrogens is 1. The second-order valence-corrected chi connectivity index (χ2v) is 5.05. The van der Waals surface area contributed by atoms with E-state index < -0.39 is 17.5 Å². The summed E-state index contributed by atoms with van der Waals surface area (Å²) in [7, 11) is 0. The van der Waals surface area contributed by atoms with Crippen molar-refractivity contribution in [2.24, 2.45) is 0 Å². The maximum atomic E-state index is 13.7. The number of nitrogens with one attached hydrogen (secondary N) is 1. The molecular formula is C14H14F2N4O. The number of nitrogens with zero attached hydrogens (tertiary/aromatic N) is 3. The summed E-state index contributed by atoms with van der Waals surface area (Å²) in [6.07, 6.45) is 5.97. The lowest BCUT2D eigenvalue weighted by Gasteiger charge is -2.31. The Balaban J connectivity index is 1.78. The molecule has 1 unspecified atom stereocenters. The van der Waals surface area contributed by atoms with Crippen LogP contribution >= 0.6 is 0 Å². The zero-order valence-electron chi connectivity index (χ0n) is 11.2. The fraction of sp³-hybridized carbons (Fsp3) is 0.357. The molecule has 7 heteroatoms. The van der Waals surface area contributed by atoms with Crippen LogP contribution in [0.1, 0.15) is 35.1 Å². The Labute approximate surface area is 120 Å². The van der Waals surface area contributed by atoms with Crippen molar-refractivity contribution in [3.8, 4) is 0 Å². The molecule has 0 aliphatic carbocycles. The number of pyridine rings is 1. The van der Waals surface area contributed by atoms with E-state index in [9.17, 15) is 13.6 Å². The molecule has 2 aromatic rings. The van der Waals surface area contributed by atoms with Gasteiger partial charge in [0.25, 0.3) is 5.91 Å². The summed E-state index contributed by atoms with van der Waals surface area (Å²) in [5, 5.41) is 0. The summed E-state index contributed by atoms with van der Waals surface area (Å²) < 4.78 is 26.5. The third-order valence-corrected chi connectivity index (χ3v) is 3.63. The van der Waals surface area contributed by atoms with Gasteiger partial charge in [0.05, 0.1) is 6.20 Å². The number of aromatic nitrogens is 3. The molecule has 1 aliphatic heterocycles. The minimum absolute atomic E-state index is 0.0983. The second kappa shape index (κ2) is 5.59. The number of carbonyl (C=O) groups is 1. The summed E-state index contributed by atoms with van der Waals surface area (Å²) in [5.74, 6) is -1.32. The van der Waals surface area contributed by atoms with Gasteiger partial charge in [0, 0.05) is 37.5 Å². The van der Waals surface area contributed by atoms with Crippen LogP contribution in [0.25, 0.3) is 0 Å². The number of imidazole rings is 1. The second-order valence-electron chi connectivity index (χ2n) is 5.05. The van der Waals surface area contributed by atoms with Crippen LogP contribution in [-0.4, -0.2) is 38.8 Å². The van der Waals surface area contributed by atoms with Crippen molar-refractivity contribution in [2.75, 3.05) is 13.1 Å². The van der Waals surface area contributed by atoms with Gasteiger partial charge < -0.3 is 9.88 Å². The molecule has 0 saturated carbocycles. The number of amides is 1. The Morgan fingerprint density at radius 2 is 2.24 bits per heavy atom. The first-order chi connectivity index (χ1) is 10.1. The molecule has 2 aromatic heterocycles. The van der Waals surface area contributed by atoms with Gasteiger partial charge in [-0.05, 0) is 12.8 Å². The van der Waals surface area contributed by atoms with E-state index in [1.54, 1.807) is 17.3 Å². The Morgan fingerprint density at radius 1 is 1.38 bits per heavy atom. The van der Waals surface area contributed by atoms with Gasteiger partial charge >= 0.3 is 0 Å². The average Bonchev–Trinajstić information content (AvgIpc) is 3.01. The molecule has 21 heavy (non-hydrogen) atoms. The molecule has 1 saturated heterocycles. The lowest BCUT2D eigenvalue weighted by molar-refractivity contribution is 0.0693. The van der Waals surface area contributed by atoms with Gasteiger partial charge in [0.15, 0.2) is 11.5 Å². The molecule has 1 N–H and O–H groups in total. The van der Waals surface area contributed by atoms with Crippen LogP contribution < -0.4 is 0 Å². The molecule has 5 nitrogen and oxygen atoms in total. The van der Waals surface area contributed by atoms with Gasteiger partial charge in [-0.1, -0.05) is 0 Å². The predicted molar refractivity (Wildman–Crippen MR) is 70.6 cm³/mol. The van der Waals surface area contributed by atoms with Crippen LogP contribution in [0.2, 0.25) is 0 Å². The zero-order valence-corrected chi connectivity index (χ0v) is 11.2. The number of piperidine rings is 1. The highest BCUT2D eigenvalue weighted by atomic mass is 19.1. The topological polar surface area (TPSA) is 61.9 Å². The number of likely N-dealkylation sites (tertiary alicyclic amines) is 1. The van der Waals surface area contributed by atoms with Crippen molar-refractivity contribution < 1.29 is 13.6 Å². The predicted octanol–water partition coefficient (Wildman–Crippen LogP) is 2.10. The Bertz CT molecular complexity index is 644. The molecule has 1 atom stereocenters. The molecule has 3 heterocycles. The van der Waals surface area contributed by atoms with E-state index in [1.807, 2.05) is 0 Å². The van der Waals surface area contributed by atoms with E-state index in [4.69, 9.17) is 0 Å². The molecule has 1 aliphatic rings. The summed E-state index contributed by atoms with van der Waals surface area (Å²) >= 11 is 0. The van der Waals surface area contributed by atoms with E-state index in [-0.39, 0.29) is 11.6 Å². The van der Waals surface area contributed by atoms with E-state index in [0.717, 1.165) is 24.9 Å². The van der Waals surface area contributed by atoms with Gasteiger partial charge in [-0.3, -0.25) is 4.79 Å². The maximum absolute atomic E-state index is 13.7. The van der Waals surface area contributed by atoms with Gasteiger partial charge in [0.2, 0.25) is 0 Å². The van der Waals surface area contributed by atoms with Crippen molar-refractivity contribution in [1.29, 1.82) is 0 Å². The highest BCUT2D eigenvalue weighted by molar-refractivity contribution is 5.92. The first-order valence-corrected chi connectivity index (χ1v) is 6.74. The Morgan fingerprint density at radius 3 is 2.95 bits per heavy atom. The summed E-state index contributed by atoms with van der Waals surface area (Å²) in [6, 6.07) is 0.675. The zero-order chi connectivity index (χ0) is 14.8. The van der Waals surface area contributed by atoms with Gasteiger partial charge in [0.1, 0.15) is 11.6 Å². The van der Waals surface area contributed by atoms with Crippen LogP contribution in [0.15, 0.2) is 24.7 Å². The van der Waals surface area contributed by atoms with Crippen molar-refractivity contribution in [1.82, 2.24) is 19.9 Å². The van der Waals surface area contributed by atoms with E-state index >= 15 is 0 Å². The van der Waals surface area contributed by atoms with Crippen molar-refractivity contribution >= 4 is 5.91 Å². The molecule has 0 bridgehead atoms. The molecular weight excluding hydrogens is 278 g/mol. The first-order valence-electron chi connectivity index (χ1n) is 6.74. The number of hydrogen-bond acceptors (Lipinski definition) is 3. The summed E-state index contributed by atoms with van der Waals surface area (Å²) in [5.41, 5.74) is -0.337. The van der Waals surface area contributed by atoms with Crippen LogP contribution in [-0.2, 0) is 0 Å². The van der Waals surface area contributed by atoms with E-state index in [0.29, 0.717) is 19.2 Å². The van der Waals surface area contributed by atoms with Crippen LogP contribution in [0.4, 0.5) is 8.78 Å². The largest absolute Gasteiger partial charge is 0.348 e. The maximum Gasteiger partial charge on any atom is 0.275 e. The minimum Gasteiger partial charge on any atom is -0.348 e. The highest BCUT2D eigenvalue weighted by Gasteiger charge is 2.28. The van der Waals surface area contributed by atoms with Crippen LogP contribution in [0.3, 0.4) is 0 Å². The highest BCUT2D eigenvalue weighted by Crippen LogP contribution is 2.25. The monoisotopic (exact) mass is 292 g/mol. The smallest absolute Gasteiger partial charge is 0.275 e.